The number of allylic oxidation sites excluding steroid dienone is 4. The van der Waals surface area contributed by atoms with Crippen molar-refractivity contribution in [3.8, 4) is 0 Å². The van der Waals surface area contributed by atoms with Crippen LogP contribution in [0.1, 0.15) is 48.1 Å². The monoisotopic (exact) mass is 480 g/mol. The fourth-order valence-corrected chi connectivity index (χ4v) is 4.11. The Hall–Kier alpha value is -3.92. The molecule has 2 aromatic rings. The number of hydrogen-bond acceptors (Lipinski definition) is 6. The summed E-state index contributed by atoms with van der Waals surface area (Å²) in [5, 5.41) is 27.9. The molecule has 2 aliphatic rings. The van der Waals surface area contributed by atoms with E-state index in [1.165, 1.54) is 12.2 Å². The molecular formula is C25H29FN6O3. The lowest BCUT2D eigenvalue weighted by molar-refractivity contribution is 0.145. The van der Waals surface area contributed by atoms with Crippen molar-refractivity contribution >= 4 is 23.5 Å². The molecule has 0 bridgehead atoms. The zero-order valence-corrected chi connectivity index (χ0v) is 19.5. The van der Waals surface area contributed by atoms with Crippen molar-refractivity contribution in [3.63, 3.8) is 0 Å². The number of carbonyl (C=O) groups is 1. The van der Waals surface area contributed by atoms with Crippen molar-refractivity contribution in [3.05, 3.63) is 76.4 Å². The third-order valence-corrected chi connectivity index (χ3v) is 6.02. The van der Waals surface area contributed by atoms with Crippen molar-refractivity contribution < 1.29 is 19.4 Å². The summed E-state index contributed by atoms with van der Waals surface area (Å²) in [6, 6.07) is 4.86. The molecule has 184 valence electrons. The van der Waals surface area contributed by atoms with E-state index in [-0.39, 0.29) is 11.7 Å². The van der Waals surface area contributed by atoms with Crippen molar-refractivity contribution in [2.45, 2.75) is 39.0 Å². The molecule has 1 aromatic heterocycles. The van der Waals surface area contributed by atoms with Gasteiger partial charge in [0, 0.05) is 24.3 Å². The van der Waals surface area contributed by atoms with Crippen LogP contribution in [-0.2, 0) is 13.1 Å². The molecule has 0 unspecified atom stereocenters. The molecule has 35 heavy (non-hydrogen) atoms. The van der Waals surface area contributed by atoms with E-state index in [9.17, 15) is 19.4 Å². The summed E-state index contributed by atoms with van der Waals surface area (Å²) in [4.78, 5) is 23.6. The molecule has 6 N–H and O–H groups in total. The third kappa shape index (κ3) is 5.27. The fraction of sp³-hybridized carbons (Fsp3) is 0.320. The fourth-order valence-electron chi connectivity index (χ4n) is 4.11. The number of amides is 2. The third-order valence-electron chi connectivity index (χ3n) is 6.02. The topological polar surface area (TPSA) is 143 Å². The van der Waals surface area contributed by atoms with Gasteiger partial charge in [0.15, 0.2) is 17.4 Å². The molecule has 0 radical (unpaired) electrons. The normalized spacial score (nSPS) is 18.5. The number of benzene rings is 1. The minimum absolute atomic E-state index is 0.112. The number of urea groups is 1. The minimum Gasteiger partial charge on any atom is -0.505 e. The van der Waals surface area contributed by atoms with E-state index in [1.807, 2.05) is 6.92 Å². The maximum Gasteiger partial charge on any atom is 0.320 e. The standard InChI is InChI=1S/C25H29FN6O3/c1-2-3-4-22(34)18(26)8-6-15-5-7-17(19(27)11-15)23(28)24-29-20-13-32(14-21(20)30-24)25(35)31-10-9-16(33)12-31/h3-8,11,16,28,33-34H,2,9-10,12-14,27H2,1H3,(H,29,30)/b4-3+,8-6+,22-18-,28-23?/t16-/m1/s1. The quantitative estimate of drug-likeness (QED) is 0.186. The van der Waals surface area contributed by atoms with E-state index >= 15 is 0 Å². The summed E-state index contributed by atoms with van der Waals surface area (Å²) in [6.45, 7) is 3.46. The number of β-amino-alcohol motifs (C(OH)–C–C–N with tert-alkyl or cyclic N) is 1. The highest BCUT2D eigenvalue weighted by atomic mass is 19.1. The van der Waals surface area contributed by atoms with Crippen LogP contribution in [0.15, 0.2) is 48.0 Å². The van der Waals surface area contributed by atoms with Crippen LogP contribution in [0.2, 0.25) is 0 Å². The maximum absolute atomic E-state index is 14.0. The van der Waals surface area contributed by atoms with Gasteiger partial charge in [-0.2, -0.15) is 0 Å². The molecule has 1 saturated heterocycles. The lowest BCUT2D eigenvalue weighted by Crippen LogP contribution is -2.39. The number of nitrogen functional groups attached to an aromatic ring is 1. The van der Waals surface area contributed by atoms with Gasteiger partial charge < -0.3 is 30.7 Å². The summed E-state index contributed by atoms with van der Waals surface area (Å²) in [5.74, 6) is -0.849. The van der Waals surface area contributed by atoms with E-state index in [0.29, 0.717) is 67.4 Å². The van der Waals surface area contributed by atoms with Crippen LogP contribution >= 0.6 is 0 Å². The van der Waals surface area contributed by atoms with Gasteiger partial charge >= 0.3 is 6.03 Å². The number of carbonyl (C=O) groups excluding carboxylic acids is 1. The first-order chi connectivity index (χ1) is 16.8. The van der Waals surface area contributed by atoms with Crippen LogP contribution in [0.25, 0.3) is 6.08 Å². The zero-order chi connectivity index (χ0) is 25.1. The number of nitrogens with zero attached hydrogens (tertiary/aromatic N) is 3. The number of fused-ring (bicyclic) bond motifs is 1. The minimum atomic E-state index is -0.761. The first-order valence-corrected chi connectivity index (χ1v) is 11.5. The van der Waals surface area contributed by atoms with Crippen molar-refractivity contribution in [2.75, 3.05) is 18.8 Å². The lowest BCUT2D eigenvalue weighted by atomic mass is 10.0. The van der Waals surface area contributed by atoms with E-state index < -0.39 is 17.7 Å². The number of nitrogens with one attached hydrogen (secondary N) is 2. The van der Waals surface area contributed by atoms with Gasteiger partial charge in [-0.05, 0) is 36.6 Å². The Bertz CT molecular complexity index is 1210. The smallest absolute Gasteiger partial charge is 0.320 e. The van der Waals surface area contributed by atoms with Crippen molar-refractivity contribution in [1.82, 2.24) is 19.8 Å². The largest absolute Gasteiger partial charge is 0.505 e. The first-order valence-electron chi connectivity index (χ1n) is 11.5. The number of halogens is 1. The van der Waals surface area contributed by atoms with Crippen LogP contribution in [0, 0.1) is 5.41 Å². The molecular weight excluding hydrogens is 451 g/mol. The van der Waals surface area contributed by atoms with E-state index in [1.54, 1.807) is 34.1 Å². The SMILES string of the molecule is CC/C=C/C(O)=C(F)\C=C\c1ccc(C(=N)c2nc3c([nH]2)CN(C(=O)N2CC[C@@H](O)C2)C3)c(N)c1. The molecule has 2 amide bonds. The van der Waals surface area contributed by atoms with E-state index in [0.717, 1.165) is 11.8 Å². The Morgan fingerprint density at radius 3 is 2.80 bits per heavy atom. The Balaban J connectivity index is 1.43. The Morgan fingerprint density at radius 2 is 2.14 bits per heavy atom. The molecule has 9 nitrogen and oxygen atoms in total. The van der Waals surface area contributed by atoms with Gasteiger partial charge in [0.25, 0.3) is 0 Å². The number of aromatic amines is 1. The Morgan fingerprint density at radius 1 is 1.34 bits per heavy atom. The van der Waals surface area contributed by atoms with Gasteiger partial charge in [-0.15, -0.1) is 0 Å². The number of aliphatic hydroxyl groups excluding tert-OH is 2. The molecule has 3 heterocycles. The van der Waals surface area contributed by atoms with E-state index in [4.69, 9.17) is 11.1 Å². The molecule has 0 spiro atoms. The second kappa shape index (κ2) is 10.1. The Labute approximate surface area is 202 Å². The Kier molecular flexibility index (Phi) is 7.02. The van der Waals surface area contributed by atoms with Crippen LogP contribution in [0.4, 0.5) is 14.9 Å². The van der Waals surface area contributed by atoms with Crippen molar-refractivity contribution in [1.29, 1.82) is 5.41 Å². The summed E-state index contributed by atoms with van der Waals surface area (Å²) < 4.78 is 14.0. The molecule has 4 rings (SSSR count). The molecule has 1 aromatic carbocycles. The highest BCUT2D eigenvalue weighted by molar-refractivity contribution is 6.12. The number of likely N-dealkylation sites (tertiary alicyclic amines) is 1. The lowest BCUT2D eigenvalue weighted by Gasteiger charge is -2.23. The molecule has 0 aliphatic carbocycles. The highest BCUT2D eigenvalue weighted by Gasteiger charge is 2.33. The van der Waals surface area contributed by atoms with Gasteiger partial charge in [-0.3, -0.25) is 5.41 Å². The van der Waals surface area contributed by atoms with Gasteiger partial charge in [0.2, 0.25) is 0 Å². The molecule has 2 aliphatic heterocycles. The number of nitrogens with two attached hydrogens (primary N) is 1. The van der Waals surface area contributed by atoms with Gasteiger partial charge in [0.05, 0.1) is 30.6 Å². The van der Waals surface area contributed by atoms with Gasteiger partial charge in [0.1, 0.15) is 5.71 Å². The van der Waals surface area contributed by atoms with Gasteiger partial charge in [-0.25, -0.2) is 14.2 Å². The predicted octanol–water partition coefficient (Wildman–Crippen LogP) is 3.63. The molecule has 1 fully saturated rings. The summed E-state index contributed by atoms with van der Waals surface area (Å²) in [7, 11) is 0. The summed E-state index contributed by atoms with van der Waals surface area (Å²) >= 11 is 0. The molecule has 1 atom stereocenters. The molecule has 0 saturated carbocycles. The first kappa shape index (κ1) is 24.2. The molecule has 10 heteroatoms. The summed E-state index contributed by atoms with van der Waals surface area (Å²) in [5.41, 5.74) is 9.17. The number of anilines is 1. The predicted molar refractivity (Wildman–Crippen MR) is 131 cm³/mol. The highest BCUT2D eigenvalue weighted by Crippen LogP contribution is 2.25. The van der Waals surface area contributed by atoms with Crippen LogP contribution in [0.5, 0.6) is 0 Å². The van der Waals surface area contributed by atoms with Crippen molar-refractivity contribution in [2.24, 2.45) is 0 Å². The number of H-pyrrole nitrogens is 1. The average Bonchev–Trinajstić information content (AvgIpc) is 3.55. The number of rotatable bonds is 6. The number of hydrogen-bond donors (Lipinski definition) is 5. The number of imidazole rings is 1. The van der Waals surface area contributed by atoms with E-state index in [2.05, 4.69) is 9.97 Å². The summed E-state index contributed by atoms with van der Waals surface area (Å²) in [6.07, 6.45) is 6.41. The second-order valence-corrected chi connectivity index (χ2v) is 8.64. The second-order valence-electron chi connectivity index (χ2n) is 8.64. The van der Waals surface area contributed by atoms with Crippen LogP contribution < -0.4 is 5.73 Å². The van der Waals surface area contributed by atoms with Gasteiger partial charge in [-0.1, -0.05) is 31.2 Å². The number of aliphatic hydroxyl groups is 2. The maximum atomic E-state index is 14.0. The number of aromatic nitrogens is 2. The van der Waals surface area contributed by atoms with Crippen LogP contribution in [0.3, 0.4) is 0 Å². The zero-order valence-electron chi connectivity index (χ0n) is 19.5. The average molecular weight is 481 g/mol. The van der Waals surface area contributed by atoms with Crippen LogP contribution in [-0.4, -0.2) is 60.9 Å².